The Bertz CT molecular complexity index is 364. The van der Waals surface area contributed by atoms with Crippen molar-refractivity contribution in [2.75, 3.05) is 27.2 Å². The van der Waals surface area contributed by atoms with Crippen LogP contribution in [-0.4, -0.2) is 48.6 Å². The van der Waals surface area contributed by atoms with E-state index in [2.05, 4.69) is 20.7 Å². The largest absolute Gasteiger partial charge is 0.377 e. The highest BCUT2D eigenvalue weighted by molar-refractivity contribution is 14.0. The molecule has 7 heteroatoms. The van der Waals surface area contributed by atoms with Crippen LogP contribution in [-0.2, 0) is 11.3 Å². The van der Waals surface area contributed by atoms with Crippen LogP contribution in [0.1, 0.15) is 13.8 Å². The third-order valence-electron chi connectivity index (χ3n) is 2.65. The predicted molar refractivity (Wildman–Crippen MR) is 88.1 cm³/mol. The molecule has 0 saturated heterocycles. The van der Waals surface area contributed by atoms with Gasteiger partial charge in [-0.1, -0.05) is 0 Å². The van der Waals surface area contributed by atoms with Crippen molar-refractivity contribution in [2.45, 2.75) is 26.0 Å². The molecule has 0 aliphatic carbocycles. The number of halogens is 1. The summed E-state index contributed by atoms with van der Waals surface area (Å²) in [5, 5.41) is 10.6. The third kappa shape index (κ3) is 7.36. The summed E-state index contributed by atoms with van der Waals surface area (Å²) in [4.78, 5) is 4.15. The van der Waals surface area contributed by atoms with E-state index >= 15 is 0 Å². The van der Waals surface area contributed by atoms with Gasteiger partial charge in [0.2, 0.25) is 0 Å². The first-order valence-electron chi connectivity index (χ1n) is 6.04. The lowest BCUT2D eigenvalue weighted by molar-refractivity contribution is 0.0268. The highest BCUT2D eigenvalue weighted by atomic mass is 127. The summed E-state index contributed by atoms with van der Waals surface area (Å²) >= 11 is 0. The smallest absolute Gasteiger partial charge is 0.191 e. The topological polar surface area (TPSA) is 63.5 Å². The zero-order valence-electron chi connectivity index (χ0n) is 12.0. The van der Waals surface area contributed by atoms with Crippen molar-refractivity contribution in [3.05, 3.63) is 18.5 Å². The minimum Gasteiger partial charge on any atom is -0.377 e. The molecule has 0 aromatic carbocycles. The number of hydrogen-bond acceptors (Lipinski definition) is 3. The fourth-order valence-corrected chi connectivity index (χ4v) is 1.31. The fourth-order valence-electron chi connectivity index (χ4n) is 1.31. The average molecular weight is 381 g/mol. The van der Waals surface area contributed by atoms with Crippen LogP contribution in [0.4, 0.5) is 0 Å². The van der Waals surface area contributed by atoms with Gasteiger partial charge in [0.25, 0.3) is 0 Å². The molecule has 0 amide bonds. The molecule has 110 valence electrons. The zero-order valence-corrected chi connectivity index (χ0v) is 14.3. The van der Waals surface area contributed by atoms with Gasteiger partial charge in [0, 0.05) is 39.6 Å². The van der Waals surface area contributed by atoms with Crippen molar-refractivity contribution in [3.63, 3.8) is 0 Å². The lowest BCUT2D eigenvalue weighted by atomic mass is 10.1. The lowest BCUT2D eigenvalue weighted by Crippen LogP contribution is -2.45. The summed E-state index contributed by atoms with van der Waals surface area (Å²) in [6.45, 7) is 6.33. The van der Waals surface area contributed by atoms with E-state index in [1.807, 2.05) is 30.8 Å². The van der Waals surface area contributed by atoms with Gasteiger partial charge in [-0.3, -0.25) is 9.67 Å². The van der Waals surface area contributed by atoms with Crippen LogP contribution in [0.5, 0.6) is 0 Å². The van der Waals surface area contributed by atoms with Crippen LogP contribution >= 0.6 is 24.0 Å². The Hall–Kier alpha value is -0.830. The summed E-state index contributed by atoms with van der Waals surface area (Å²) in [6, 6.07) is 1.91. The molecule has 19 heavy (non-hydrogen) atoms. The Kier molecular flexibility index (Phi) is 8.73. The maximum absolute atomic E-state index is 5.34. The Labute approximate surface area is 132 Å². The molecule has 0 atom stereocenters. The van der Waals surface area contributed by atoms with Crippen molar-refractivity contribution in [3.8, 4) is 0 Å². The van der Waals surface area contributed by atoms with Crippen LogP contribution in [0.2, 0.25) is 0 Å². The van der Waals surface area contributed by atoms with Gasteiger partial charge >= 0.3 is 0 Å². The minimum atomic E-state index is -0.209. The quantitative estimate of drug-likeness (QED) is 0.440. The molecule has 1 rings (SSSR count). The van der Waals surface area contributed by atoms with Gasteiger partial charge in [-0.2, -0.15) is 5.10 Å². The molecule has 1 aromatic rings. The molecule has 0 unspecified atom stereocenters. The first-order chi connectivity index (χ1) is 8.57. The number of rotatable bonds is 6. The standard InChI is InChI=1S/C12H23N5O.HI/c1-12(2,18-4)10-15-11(13-3)14-7-9-17-8-5-6-16-17;/h5-6,8H,7,9-10H2,1-4H3,(H2,13,14,15);1H. The second-order valence-corrected chi connectivity index (χ2v) is 4.59. The van der Waals surface area contributed by atoms with E-state index in [-0.39, 0.29) is 29.6 Å². The number of aromatic nitrogens is 2. The zero-order chi connectivity index (χ0) is 13.4. The van der Waals surface area contributed by atoms with E-state index in [0.29, 0.717) is 6.54 Å². The van der Waals surface area contributed by atoms with Gasteiger partial charge in [-0.25, -0.2) is 0 Å². The number of methoxy groups -OCH3 is 1. The molecular formula is C12H24IN5O. The van der Waals surface area contributed by atoms with Crippen LogP contribution in [0.25, 0.3) is 0 Å². The van der Waals surface area contributed by atoms with Crippen LogP contribution in [0, 0.1) is 0 Å². The Balaban J connectivity index is 0.00000324. The van der Waals surface area contributed by atoms with Gasteiger partial charge < -0.3 is 15.4 Å². The van der Waals surface area contributed by atoms with Gasteiger partial charge in [-0.15, -0.1) is 24.0 Å². The van der Waals surface area contributed by atoms with E-state index in [1.54, 1.807) is 20.4 Å². The van der Waals surface area contributed by atoms with E-state index in [4.69, 9.17) is 4.74 Å². The number of nitrogens with zero attached hydrogens (tertiary/aromatic N) is 3. The summed E-state index contributed by atoms with van der Waals surface area (Å²) in [7, 11) is 3.46. The molecule has 0 aliphatic rings. The summed E-state index contributed by atoms with van der Waals surface area (Å²) in [5.41, 5.74) is -0.209. The number of aliphatic imine (C=N–C) groups is 1. The summed E-state index contributed by atoms with van der Waals surface area (Å²) in [6.07, 6.45) is 3.71. The van der Waals surface area contributed by atoms with E-state index < -0.39 is 0 Å². The maximum Gasteiger partial charge on any atom is 0.191 e. The number of guanidine groups is 1. The molecule has 0 saturated carbocycles. The van der Waals surface area contributed by atoms with Crippen molar-refractivity contribution in [1.29, 1.82) is 0 Å². The fraction of sp³-hybridized carbons (Fsp3) is 0.667. The Morgan fingerprint density at radius 3 is 2.68 bits per heavy atom. The molecule has 0 fully saturated rings. The first kappa shape index (κ1) is 18.2. The van der Waals surface area contributed by atoms with Crippen molar-refractivity contribution < 1.29 is 4.74 Å². The maximum atomic E-state index is 5.34. The average Bonchev–Trinajstić information content (AvgIpc) is 2.86. The van der Waals surface area contributed by atoms with E-state index in [1.165, 1.54) is 0 Å². The van der Waals surface area contributed by atoms with Crippen molar-refractivity contribution in [1.82, 2.24) is 20.4 Å². The van der Waals surface area contributed by atoms with Gasteiger partial charge in [0.1, 0.15) is 0 Å². The highest BCUT2D eigenvalue weighted by Gasteiger charge is 2.16. The molecule has 0 spiro atoms. The SMILES string of the molecule is CN=C(NCCn1cccn1)NCC(C)(C)OC.I. The molecule has 0 aliphatic heterocycles. The normalized spacial score (nSPS) is 11.9. The van der Waals surface area contributed by atoms with Gasteiger partial charge in [0.15, 0.2) is 5.96 Å². The third-order valence-corrected chi connectivity index (χ3v) is 2.65. The molecule has 2 N–H and O–H groups in total. The molecule has 0 radical (unpaired) electrons. The number of ether oxygens (including phenoxy) is 1. The second-order valence-electron chi connectivity index (χ2n) is 4.59. The second kappa shape index (κ2) is 9.13. The van der Waals surface area contributed by atoms with E-state index in [0.717, 1.165) is 19.0 Å². The first-order valence-corrected chi connectivity index (χ1v) is 6.04. The summed E-state index contributed by atoms with van der Waals surface area (Å²) in [5.74, 6) is 0.771. The number of hydrogen-bond donors (Lipinski definition) is 2. The van der Waals surface area contributed by atoms with Crippen molar-refractivity contribution in [2.24, 2.45) is 4.99 Å². The predicted octanol–water partition coefficient (Wildman–Crippen LogP) is 1.09. The summed E-state index contributed by atoms with van der Waals surface area (Å²) < 4.78 is 7.21. The van der Waals surface area contributed by atoms with E-state index in [9.17, 15) is 0 Å². The Morgan fingerprint density at radius 2 is 2.16 bits per heavy atom. The molecule has 0 bridgehead atoms. The van der Waals surface area contributed by atoms with Crippen LogP contribution in [0.15, 0.2) is 23.5 Å². The van der Waals surface area contributed by atoms with Gasteiger partial charge in [0.05, 0.1) is 12.1 Å². The number of nitrogens with one attached hydrogen (secondary N) is 2. The molecule has 1 heterocycles. The lowest BCUT2D eigenvalue weighted by Gasteiger charge is -2.24. The molecule has 1 aromatic heterocycles. The van der Waals surface area contributed by atoms with Gasteiger partial charge in [-0.05, 0) is 19.9 Å². The minimum absolute atomic E-state index is 0. The Morgan fingerprint density at radius 1 is 1.42 bits per heavy atom. The monoisotopic (exact) mass is 381 g/mol. The van der Waals surface area contributed by atoms with Crippen LogP contribution < -0.4 is 10.6 Å². The highest BCUT2D eigenvalue weighted by Crippen LogP contribution is 2.04. The van der Waals surface area contributed by atoms with Crippen molar-refractivity contribution >= 4 is 29.9 Å². The van der Waals surface area contributed by atoms with Crippen LogP contribution in [0.3, 0.4) is 0 Å². The molecule has 6 nitrogen and oxygen atoms in total. The molecular weight excluding hydrogens is 357 g/mol.